The van der Waals surface area contributed by atoms with Crippen molar-refractivity contribution in [1.29, 1.82) is 0 Å². The van der Waals surface area contributed by atoms with Crippen LogP contribution in [0.1, 0.15) is 96.0 Å². The Morgan fingerprint density at radius 3 is 1.98 bits per heavy atom. The van der Waals surface area contributed by atoms with Crippen molar-refractivity contribution in [2.45, 2.75) is 123 Å². The highest BCUT2D eigenvalue weighted by atomic mass is 16.5. The minimum Gasteiger partial charge on any atom is -0.467 e. The minimum absolute atomic E-state index is 0.0144. The van der Waals surface area contributed by atoms with Gasteiger partial charge in [0.25, 0.3) is 5.91 Å². The first-order valence-electron chi connectivity index (χ1n) is 18.4. The van der Waals surface area contributed by atoms with Gasteiger partial charge in [-0.15, -0.1) is 0 Å². The minimum atomic E-state index is -1.33. The number of hydrogen-bond donors (Lipinski definition) is 6. The number of unbranched alkanes of at least 4 members (excludes halogenated alkanes) is 1. The average molecular weight is 739 g/mol. The van der Waals surface area contributed by atoms with Crippen LogP contribution in [-0.4, -0.2) is 89.0 Å². The lowest BCUT2D eigenvalue weighted by Gasteiger charge is -2.29. The lowest BCUT2D eigenvalue weighted by Crippen LogP contribution is -2.57. The Hall–Kier alpha value is -4.85. The summed E-state index contributed by atoms with van der Waals surface area (Å²) in [4.78, 5) is 82.6. The molecule has 14 heteroatoms. The molecular formula is C39H58N6O8. The largest absolute Gasteiger partial charge is 0.467 e. The van der Waals surface area contributed by atoms with Gasteiger partial charge in [0.2, 0.25) is 23.6 Å². The maximum Gasteiger partial charge on any atom is 0.328 e. The van der Waals surface area contributed by atoms with Gasteiger partial charge < -0.3 is 36.4 Å². The number of pyridine rings is 1. The Balaban J connectivity index is 2.17. The number of nitrogens with one attached hydrogen (secondary N) is 5. The molecule has 0 saturated carbocycles. The van der Waals surface area contributed by atoms with Gasteiger partial charge in [0, 0.05) is 18.8 Å². The molecule has 6 N–H and O–H groups in total. The summed E-state index contributed by atoms with van der Waals surface area (Å²) in [5.41, 5.74) is 1.08. The van der Waals surface area contributed by atoms with Crippen molar-refractivity contribution in [3.8, 4) is 0 Å². The predicted molar refractivity (Wildman–Crippen MR) is 200 cm³/mol. The first-order valence-corrected chi connectivity index (χ1v) is 18.4. The zero-order chi connectivity index (χ0) is 39.5. The van der Waals surface area contributed by atoms with Crippen molar-refractivity contribution >= 4 is 35.5 Å². The number of ether oxygens (including phenoxy) is 1. The molecule has 1 aromatic heterocycles. The maximum absolute atomic E-state index is 13.8. The van der Waals surface area contributed by atoms with Crippen LogP contribution < -0.4 is 26.6 Å². The summed E-state index contributed by atoms with van der Waals surface area (Å²) in [7, 11) is 1.23. The topological polar surface area (TPSA) is 205 Å². The molecule has 0 radical (unpaired) electrons. The Morgan fingerprint density at radius 1 is 0.755 bits per heavy atom. The van der Waals surface area contributed by atoms with Crippen LogP contribution in [0.3, 0.4) is 0 Å². The molecule has 0 spiro atoms. The molecule has 6 atom stereocenters. The van der Waals surface area contributed by atoms with E-state index >= 15 is 0 Å². The van der Waals surface area contributed by atoms with Gasteiger partial charge in [-0.25, -0.2) is 4.79 Å². The fourth-order valence-corrected chi connectivity index (χ4v) is 5.67. The zero-order valence-corrected chi connectivity index (χ0v) is 32.0. The van der Waals surface area contributed by atoms with Crippen molar-refractivity contribution in [3.63, 3.8) is 0 Å². The second-order valence-corrected chi connectivity index (χ2v) is 14.2. The molecule has 2 aromatic rings. The molecule has 1 heterocycles. The summed E-state index contributed by atoms with van der Waals surface area (Å²) in [6.45, 7) is 11.0. The van der Waals surface area contributed by atoms with Crippen molar-refractivity contribution in [1.82, 2.24) is 31.6 Å². The molecular weight excluding hydrogens is 680 g/mol. The van der Waals surface area contributed by atoms with Gasteiger partial charge in [-0.1, -0.05) is 77.8 Å². The molecule has 292 valence electrons. The summed E-state index contributed by atoms with van der Waals surface area (Å²) >= 11 is 0. The molecule has 0 aliphatic carbocycles. The zero-order valence-electron chi connectivity index (χ0n) is 32.0. The maximum atomic E-state index is 13.8. The fraction of sp³-hybridized carbons (Fsp3) is 0.564. The van der Waals surface area contributed by atoms with E-state index in [-0.39, 0.29) is 23.8 Å². The summed E-state index contributed by atoms with van der Waals surface area (Å²) in [5, 5.41) is 24.8. The number of aliphatic hydroxyl groups is 1. The van der Waals surface area contributed by atoms with Crippen LogP contribution in [0.25, 0.3) is 0 Å². The molecule has 1 aromatic carbocycles. The number of aromatic nitrogens is 1. The molecule has 0 unspecified atom stereocenters. The van der Waals surface area contributed by atoms with Crippen molar-refractivity contribution in [2.24, 2.45) is 11.8 Å². The first kappa shape index (κ1) is 44.3. The number of benzene rings is 1. The molecule has 5 amide bonds. The fourth-order valence-electron chi connectivity index (χ4n) is 5.67. The van der Waals surface area contributed by atoms with Crippen LogP contribution in [0.2, 0.25) is 0 Å². The average Bonchev–Trinajstić information content (AvgIpc) is 3.12. The first-order chi connectivity index (χ1) is 25.1. The van der Waals surface area contributed by atoms with Crippen LogP contribution in [0.4, 0.5) is 0 Å². The van der Waals surface area contributed by atoms with Crippen molar-refractivity contribution in [3.05, 3.63) is 66.0 Å². The normalized spacial score (nSPS) is 14.5. The van der Waals surface area contributed by atoms with Gasteiger partial charge >= 0.3 is 5.97 Å². The van der Waals surface area contributed by atoms with E-state index in [0.717, 1.165) is 12.0 Å². The SMILES string of the molecule is CCCC[C@H](NC(=O)[C@H](Cc1ccccc1)NC(=O)c1cccnc1)C(=O)N[C@@H](CC(C)C)[C@@H](O)CC(=O)N[C@@H](C)C(=O)N[C@@H](CC(C)C)C(=O)OC. The van der Waals surface area contributed by atoms with Gasteiger partial charge in [-0.2, -0.15) is 0 Å². The number of methoxy groups -OCH3 is 1. The smallest absolute Gasteiger partial charge is 0.328 e. The lowest BCUT2D eigenvalue weighted by molar-refractivity contribution is -0.145. The quantitative estimate of drug-likeness (QED) is 0.0982. The summed E-state index contributed by atoms with van der Waals surface area (Å²) in [6.07, 6.45) is 3.67. The summed E-state index contributed by atoms with van der Waals surface area (Å²) in [6, 6.07) is 7.60. The number of rotatable bonds is 22. The number of amides is 5. The Labute approximate surface area is 313 Å². The third-order valence-corrected chi connectivity index (χ3v) is 8.50. The van der Waals surface area contributed by atoms with E-state index in [0.29, 0.717) is 25.7 Å². The van der Waals surface area contributed by atoms with Gasteiger partial charge in [-0.3, -0.25) is 29.0 Å². The summed E-state index contributed by atoms with van der Waals surface area (Å²) < 4.78 is 4.79. The Morgan fingerprint density at radius 2 is 1.40 bits per heavy atom. The van der Waals surface area contributed by atoms with Gasteiger partial charge in [0.1, 0.15) is 24.2 Å². The number of carbonyl (C=O) groups is 6. The van der Waals surface area contributed by atoms with Crippen LogP contribution in [0.15, 0.2) is 54.9 Å². The highest BCUT2D eigenvalue weighted by Crippen LogP contribution is 2.14. The van der Waals surface area contributed by atoms with E-state index in [2.05, 4.69) is 31.6 Å². The monoisotopic (exact) mass is 738 g/mol. The van der Waals surface area contributed by atoms with Crippen LogP contribution >= 0.6 is 0 Å². The molecule has 0 aliphatic heterocycles. The summed E-state index contributed by atoms with van der Waals surface area (Å²) in [5.74, 6) is -3.30. The number of esters is 1. The third kappa shape index (κ3) is 16.1. The highest BCUT2D eigenvalue weighted by Gasteiger charge is 2.32. The number of aliphatic hydroxyl groups excluding tert-OH is 1. The molecule has 0 bridgehead atoms. The number of hydrogen-bond acceptors (Lipinski definition) is 9. The van der Waals surface area contributed by atoms with Gasteiger partial charge in [0.05, 0.1) is 31.2 Å². The van der Waals surface area contributed by atoms with Crippen molar-refractivity contribution < 1.29 is 38.6 Å². The molecule has 0 aliphatic rings. The molecule has 0 fully saturated rings. The Bertz CT molecular complexity index is 1470. The second kappa shape index (κ2) is 22.9. The van der Waals surface area contributed by atoms with E-state index in [1.807, 2.05) is 65.0 Å². The molecule has 53 heavy (non-hydrogen) atoms. The van der Waals surface area contributed by atoms with Crippen LogP contribution in [0.5, 0.6) is 0 Å². The molecule has 14 nitrogen and oxygen atoms in total. The third-order valence-electron chi connectivity index (χ3n) is 8.50. The van der Waals surface area contributed by atoms with E-state index < -0.39 is 78.2 Å². The van der Waals surface area contributed by atoms with Gasteiger partial charge in [0.15, 0.2) is 0 Å². The van der Waals surface area contributed by atoms with E-state index in [1.165, 1.54) is 26.4 Å². The standard InChI is InChI=1S/C39H58N6O8/c1-8-9-17-29(42-38(51)31(21-27-14-11-10-12-15-27)44-36(49)28-16-13-18-40-23-28)37(50)43-30(19-24(2)3)33(46)22-34(47)41-26(6)35(48)45-32(20-25(4)5)39(52)53-7/h10-16,18,23-26,29-33,46H,8-9,17,19-22H2,1-7H3,(H,41,47)(H,42,51)(H,43,50)(H,44,49)(H,45,48)/t26-,29-,30-,31-,32-,33-/m0/s1. The number of carbonyl (C=O) groups excluding carboxylic acids is 6. The second-order valence-electron chi connectivity index (χ2n) is 14.2. The van der Waals surface area contributed by atoms with Crippen LogP contribution in [-0.2, 0) is 35.1 Å². The molecule has 2 rings (SSSR count). The van der Waals surface area contributed by atoms with Crippen LogP contribution in [0, 0.1) is 11.8 Å². The van der Waals surface area contributed by atoms with Crippen molar-refractivity contribution in [2.75, 3.05) is 7.11 Å². The highest BCUT2D eigenvalue weighted by molar-refractivity contribution is 5.98. The Kier molecular flexibility index (Phi) is 19.2. The lowest BCUT2D eigenvalue weighted by atomic mass is 9.96. The van der Waals surface area contributed by atoms with E-state index in [1.54, 1.807) is 12.1 Å². The van der Waals surface area contributed by atoms with E-state index in [9.17, 15) is 33.9 Å². The van der Waals surface area contributed by atoms with E-state index in [4.69, 9.17) is 4.74 Å². The predicted octanol–water partition coefficient (Wildman–Crippen LogP) is 2.59. The number of nitrogens with zero attached hydrogens (tertiary/aromatic N) is 1. The van der Waals surface area contributed by atoms with Gasteiger partial charge in [-0.05, 0) is 55.7 Å². The molecule has 0 saturated heterocycles.